The Morgan fingerprint density at radius 2 is 2.00 bits per heavy atom. The lowest BCUT2D eigenvalue weighted by molar-refractivity contribution is -0.0525. The molecule has 2 rings (SSSR count). The van der Waals surface area contributed by atoms with E-state index >= 15 is 0 Å². The molecule has 1 unspecified atom stereocenters. The zero-order chi connectivity index (χ0) is 12.8. The second kappa shape index (κ2) is 6.88. The molecule has 1 saturated heterocycles. The number of aryl methyl sites for hydroxylation is 1. The molecule has 1 fully saturated rings. The van der Waals surface area contributed by atoms with E-state index in [0.717, 1.165) is 32.6 Å². The Labute approximate surface area is 109 Å². The van der Waals surface area contributed by atoms with Crippen LogP contribution in [-0.2, 0) is 15.9 Å². The van der Waals surface area contributed by atoms with Crippen molar-refractivity contribution in [3.05, 3.63) is 35.4 Å². The van der Waals surface area contributed by atoms with E-state index < -0.39 is 0 Å². The molecule has 0 spiro atoms. The predicted molar refractivity (Wildman–Crippen MR) is 72.7 cm³/mol. The van der Waals surface area contributed by atoms with Gasteiger partial charge in [-0.25, -0.2) is 0 Å². The number of nitrogens with one attached hydrogen (secondary N) is 1. The fourth-order valence-electron chi connectivity index (χ4n) is 2.41. The Kier molecular flexibility index (Phi) is 5.17. The van der Waals surface area contributed by atoms with Crippen LogP contribution in [0, 0.1) is 6.92 Å². The predicted octanol–water partition coefficient (Wildman–Crippen LogP) is 2.28. The molecule has 1 heterocycles. The first-order chi connectivity index (χ1) is 8.79. The van der Waals surface area contributed by atoms with Crippen LogP contribution in [0.4, 0.5) is 0 Å². The molecule has 1 N–H and O–H groups in total. The molecule has 0 saturated carbocycles. The highest BCUT2D eigenvalue weighted by Gasteiger charge is 2.21. The van der Waals surface area contributed by atoms with E-state index in [4.69, 9.17) is 9.47 Å². The van der Waals surface area contributed by atoms with Crippen LogP contribution >= 0.6 is 0 Å². The van der Waals surface area contributed by atoms with Crippen LogP contribution in [0.25, 0.3) is 0 Å². The fourth-order valence-corrected chi connectivity index (χ4v) is 2.41. The Bertz CT molecular complexity index is 361. The summed E-state index contributed by atoms with van der Waals surface area (Å²) in [5, 5.41) is 3.53. The molecule has 0 aliphatic carbocycles. The van der Waals surface area contributed by atoms with Gasteiger partial charge in [-0.05, 0) is 31.0 Å². The summed E-state index contributed by atoms with van der Waals surface area (Å²) in [5.41, 5.74) is 2.76. The average Bonchev–Trinajstić information content (AvgIpc) is 2.85. The SMILES string of the molecule is CCNC(Cc1ccccc1C)CC1OCCO1. The van der Waals surface area contributed by atoms with Crippen LogP contribution in [0.1, 0.15) is 24.5 Å². The van der Waals surface area contributed by atoms with Crippen molar-refractivity contribution >= 4 is 0 Å². The maximum Gasteiger partial charge on any atom is 0.159 e. The lowest BCUT2D eigenvalue weighted by Crippen LogP contribution is -2.35. The number of rotatable bonds is 6. The molecule has 18 heavy (non-hydrogen) atoms. The molecule has 1 aliphatic rings. The first kappa shape index (κ1) is 13.5. The van der Waals surface area contributed by atoms with E-state index in [1.165, 1.54) is 11.1 Å². The summed E-state index contributed by atoms with van der Waals surface area (Å²) in [5.74, 6) is 0. The van der Waals surface area contributed by atoms with E-state index in [2.05, 4.69) is 43.4 Å². The molecule has 0 bridgehead atoms. The van der Waals surface area contributed by atoms with Gasteiger partial charge in [-0.2, -0.15) is 0 Å². The molecule has 0 aromatic heterocycles. The monoisotopic (exact) mass is 249 g/mol. The maximum atomic E-state index is 5.54. The molecule has 0 radical (unpaired) electrons. The van der Waals surface area contributed by atoms with Crippen molar-refractivity contribution in [2.75, 3.05) is 19.8 Å². The summed E-state index contributed by atoms with van der Waals surface area (Å²) in [7, 11) is 0. The van der Waals surface area contributed by atoms with Crippen LogP contribution in [0.3, 0.4) is 0 Å². The Balaban J connectivity index is 1.94. The summed E-state index contributed by atoms with van der Waals surface area (Å²) >= 11 is 0. The lowest BCUT2D eigenvalue weighted by atomic mass is 9.99. The summed E-state index contributed by atoms with van der Waals surface area (Å²) < 4.78 is 11.1. The van der Waals surface area contributed by atoms with Crippen molar-refractivity contribution in [1.29, 1.82) is 0 Å². The summed E-state index contributed by atoms with van der Waals surface area (Å²) in [6, 6.07) is 8.98. The van der Waals surface area contributed by atoms with E-state index in [0.29, 0.717) is 6.04 Å². The van der Waals surface area contributed by atoms with Gasteiger partial charge in [0.1, 0.15) is 0 Å². The highest BCUT2D eigenvalue weighted by molar-refractivity contribution is 5.26. The van der Waals surface area contributed by atoms with E-state index in [1.807, 2.05) is 0 Å². The Morgan fingerprint density at radius 1 is 1.28 bits per heavy atom. The van der Waals surface area contributed by atoms with Crippen LogP contribution in [0.15, 0.2) is 24.3 Å². The van der Waals surface area contributed by atoms with Crippen molar-refractivity contribution in [1.82, 2.24) is 5.32 Å². The second-order valence-corrected chi connectivity index (χ2v) is 4.79. The minimum Gasteiger partial charge on any atom is -0.350 e. The third kappa shape index (κ3) is 3.80. The largest absolute Gasteiger partial charge is 0.350 e. The van der Waals surface area contributed by atoms with Gasteiger partial charge in [-0.3, -0.25) is 0 Å². The van der Waals surface area contributed by atoms with Gasteiger partial charge in [0.2, 0.25) is 0 Å². The van der Waals surface area contributed by atoms with Crippen molar-refractivity contribution in [2.24, 2.45) is 0 Å². The molecular formula is C15H23NO2. The third-order valence-corrected chi connectivity index (χ3v) is 3.39. The Hall–Kier alpha value is -0.900. The number of ether oxygens (including phenoxy) is 2. The van der Waals surface area contributed by atoms with Gasteiger partial charge in [0.15, 0.2) is 6.29 Å². The van der Waals surface area contributed by atoms with Crippen molar-refractivity contribution in [3.8, 4) is 0 Å². The fraction of sp³-hybridized carbons (Fsp3) is 0.600. The van der Waals surface area contributed by atoms with E-state index in [1.54, 1.807) is 0 Å². The lowest BCUT2D eigenvalue weighted by Gasteiger charge is -2.21. The molecule has 0 amide bonds. The van der Waals surface area contributed by atoms with E-state index in [9.17, 15) is 0 Å². The molecule has 3 nitrogen and oxygen atoms in total. The Morgan fingerprint density at radius 3 is 2.67 bits per heavy atom. The van der Waals surface area contributed by atoms with Gasteiger partial charge in [-0.15, -0.1) is 0 Å². The van der Waals surface area contributed by atoms with Gasteiger partial charge in [0, 0.05) is 12.5 Å². The first-order valence-corrected chi connectivity index (χ1v) is 6.80. The number of benzene rings is 1. The summed E-state index contributed by atoms with van der Waals surface area (Å²) in [4.78, 5) is 0. The zero-order valence-electron chi connectivity index (χ0n) is 11.3. The molecule has 100 valence electrons. The zero-order valence-corrected chi connectivity index (χ0v) is 11.3. The van der Waals surface area contributed by atoms with Gasteiger partial charge >= 0.3 is 0 Å². The highest BCUT2D eigenvalue weighted by Crippen LogP contribution is 2.16. The van der Waals surface area contributed by atoms with Gasteiger partial charge in [-0.1, -0.05) is 31.2 Å². The topological polar surface area (TPSA) is 30.5 Å². The molecule has 1 aliphatic heterocycles. The third-order valence-electron chi connectivity index (χ3n) is 3.39. The minimum atomic E-state index is -0.0296. The van der Waals surface area contributed by atoms with Gasteiger partial charge in [0.25, 0.3) is 0 Å². The van der Waals surface area contributed by atoms with Crippen molar-refractivity contribution in [3.63, 3.8) is 0 Å². The molecular weight excluding hydrogens is 226 g/mol. The van der Waals surface area contributed by atoms with E-state index in [-0.39, 0.29) is 6.29 Å². The summed E-state index contributed by atoms with van der Waals surface area (Å²) in [6.07, 6.45) is 1.92. The number of hydrogen-bond donors (Lipinski definition) is 1. The smallest absolute Gasteiger partial charge is 0.159 e. The van der Waals surface area contributed by atoms with Crippen LogP contribution in [-0.4, -0.2) is 32.1 Å². The minimum absolute atomic E-state index is 0.0296. The van der Waals surface area contributed by atoms with Crippen molar-refractivity contribution in [2.45, 2.75) is 39.0 Å². The van der Waals surface area contributed by atoms with Crippen molar-refractivity contribution < 1.29 is 9.47 Å². The molecule has 1 atom stereocenters. The normalized spacial score (nSPS) is 18.1. The molecule has 1 aromatic carbocycles. The first-order valence-electron chi connectivity index (χ1n) is 6.80. The molecule has 3 heteroatoms. The van der Waals surface area contributed by atoms with Crippen LogP contribution in [0.5, 0.6) is 0 Å². The highest BCUT2D eigenvalue weighted by atomic mass is 16.7. The second-order valence-electron chi connectivity index (χ2n) is 4.79. The van der Waals surface area contributed by atoms with Crippen LogP contribution in [0.2, 0.25) is 0 Å². The summed E-state index contributed by atoms with van der Waals surface area (Å²) in [6.45, 7) is 6.74. The number of likely N-dealkylation sites (N-methyl/N-ethyl adjacent to an activating group) is 1. The average molecular weight is 249 g/mol. The maximum absolute atomic E-state index is 5.54. The standard InChI is InChI=1S/C15H23NO2/c1-3-16-14(11-15-17-8-9-18-15)10-13-7-5-4-6-12(13)2/h4-7,14-16H,3,8-11H2,1-2H3. The van der Waals surface area contributed by atoms with Gasteiger partial charge < -0.3 is 14.8 Å². The molecule has 1 aromatic rings. The quantitative estimate of drug-likeness (QED) is 0.839. The van der Waals surface area contributed by atoms with Gasteiger partial charge in [0.05, 0.1) is 13.2 Å². The van der Waals surface area contributed by atoms with Crippen LogP contribution < -0.4 is 5.32 Å². The number of hydrogen-bond acceptors (Lipinski definition) is 3.